The highest BCUT2D eigenvalue weighted by molar-refractivity contribution is 4.85. The number of aliphatic hydroxyl groups is 1. The van der Waals surface area contributed by atoms with Crippen LogP contribution in [0.2, 0.25) is 0 Å². The van der Waals surface area contributed by atoms with Gasteiger partial charge in [0.15, 0.2) is 0 Å². The monoisotopic (exact) mass is 241 g/mol. The largest absolute Gasteiger partial charge is 0.390 e. The van der Waals surface area contributed by atoms with Gasteiger partial charge in [0, 0.05) is 12.6 Å². The number of rotatable bonds is 3. The molecule has 2 heteroatoms. The SMILES string of the molecule is CC(C)N1CCCC(O)(CCC(C)(C)C)CC1. The van der Waals surface area contributed by atoms with E-state index in [4.69, 9.17) is 0 Å². The molecular formula is C15H31NO. The topological polar surface area (TPSA) is 23.5 Å². The van der Waals surface area contributed by atoms with E-state index in [-0.39, 0.29) is 0 Å². The Morgan fingerprint density at radius 1 is 1.18 bits per heavy atom. The summed E-state index contributed by atoms with van der Waals surface area (Å²) in [4.78, 5) is 2.50. The molecule has 0 amide bonds. The van der Waals surface area contributed by atoms with Crippen molar-refractivity contribution in [3.63, 3.8) is 0 Å². The predicted molar refractivity (Wildman–Crippen MR) is 74.2 cm³/mol. The molecule has 0 aliphatic carbocycles. The van der Waals surface area contributed by atoms with Crippen molar-refractivity contribution in [1.29, 1.82) is 0 Å². The van der Waals surface area contributed by atoms with Crippen LogP contribution in [0.5, 0.6) is 0 Å². The van der Waals surface area contributed by atoms with Crippen LogP contribution >= 0.6 is 0 Å². The Hall–Kier alpha value is -0.0800. The summed E-state index contributed by atoms with van der Waals surface area (Å²) in [5.41, 5.74) is -0.0727. The zero-order valence-electron chi connectivity index (χ0n) is 12.4. The fraction of sp³-hybridized carbons (Fsp3) is 1.00. The molecule has 1 aliphatic heterocycles. The van der Waals surface area contributed by atoms with Gasteiger partial charge in [-0.05, 0) is 57.9 Å². The maximum Gasteiger partial charge on any atom is 0.0660 e. The van der Waals surface area contributed by atoms with Crippen LogP contribution in [0, 0.1) is 5.41 Å². The smallest absolute Gasteiger partial charge is 0.0660 e. The van der Waals surface area contributed by atoms with Crippen LogP contribution in [0.3, 0.4) is 0 Å². The maximum atomic E-state index is 10.7. The van der Waals surface area contributed by atoms with Crippen molar-refractivity contribution >= 4 is 0 Å². The summed E-state index contributed by atoms with van der Waals surface area (Å²) in [5, 5.41) is 10.7. The van der Waals surface area contributed by atoms with Crippen LogP contribution in [0.25, 0.3) is 0 Å². The molecular weight excluding hydrogens is 210 g/mol. The maximum absolute atomic E-state index is 10.7. The Labute approximate surface area is 107 Å². The second kappa shape index (κ2) is 5.71. The quantitative estimate of drug-likeness (QED) is 0.818. The first-order chi connectivity index (χ1) is 7.72. The molecule has 0 aromatic rings. The van der Waals surface area contributed by atoms with E-state index in [2.05, 4.69) is 39.5 Å². The summed E-state index contributed by atoms with van der Waals surface area (Å²) in [6.45, 7) is 13.5. The fourth-order valence-corrected chi connectivity index (χ4v) is 2.57. The second-order valence-corrected chi connectivity index (χ2v) is 7.27. The van der Waals surface area contributed by atoms with Crippen molar-refractivity contribution in [2.75, 3.05) is 13.1 Å². The molecule has 2 nitrogen and oxygen atoms in total. The van der Waals surface area contributed by atoms with E-state index in [1.54, 1.807) is 0 Å². The Morgan fingerprint density at radius 3 is 2.35 bits per heavy atom. The molecule has 1 N–H and O–H groups in total. The number of likely N-dealkylation sites (tertiary alicyclic amines) is 1. The highest BCUT2D eigenvalue weighted by atomic mass is 16.3. The summed E-state index contributed by atoms with van der Waals surface area (Å²) >= 11 is 0. The Balaban J connectivity index is 2.48. The molecule has 0 aromatic carbocycles. The molecule has 102 valence electrons. The van der Waals surface area contributed by atoms with Gasteiger partial charge >= 0.3 is 0 Å². The van der Waals surface area contributed by atoms with Crippen molar-refractivity contribution in [3.8, 4) is 0 Å². The third kappa shape index (κ3) is 5.39. The van der Waals surface area contributed by atoms with Crippen LogP contribution in [-0.2, 0) is 0 Å². The lowest BCUT2D eigenvalue weighted by molar-refractivity contribution is 0.00659. The Kier molecular flexibility index (Phi) is 5.03. The zero-order valence-corrected chi connectivity index (χ0v) is 12.4. The minimum Gasteiger partial charge on any atom is -0.390 e. The second-order valence-electron chi connectivity index (χ2n) is 7.27. The van der Waals surface area contributed by atoms with Crippen LogP contribution in [0.1, 0.15) is 66.7 Å². The predicted octanol–water partition coefficient (Wildman–Crippen LogP) is 3.44. The summed E-state index contributed by atoms with van der Waals surface area (Å²) in [6, 6.07) is 0.611. The third-order valence-electron chi connectivity index (χ3n) is 4.02. The minimum atomic E-state index is -0.406. The molecule has 0 saturated carbocycles. The fourth-order valence-electron chi connectivity index (χ4n) is 2.57. The van der Waals surface area contributed by atoms with E-state index >= 15 is 0 Å². The third-order valence-corrected chi connectivity index (χ3v) is 4.02. The minimum absolute atomic E-state index is 0.333. The van der Waals surface area contributed by atoms with Crippen molar-refractivity contribution in [1.82, 2.24) is 4.90 Å². The van der Waals surface area contributed by atoms with Gasteiger partial charge in [0.25, 0.3) is 0 Å². The number of nitrogens with zero attached hydrogens (tertiary/aromatic N) is 1. The van der Waals surface area contributed by atoms with Crippen LogP contribution in [0.4, 0.5) is 0 Å². The van der Waals surface area contributed by atoms with E-state index in [1.807, 2.05) is 0 Å². The van der Waals surface area contributed by atoms with E-state index in [9.17, 15) is 5.11 Å². The Morgan fingerprint density at radius 2 is 1.82 bits per heavy atom. The molecule has 1 saturated heterocycles. The molecule has 1 heterocycles. The van der Waals surface area contributed by atoms with Gasteiger partial charge in [0.1, 0.15) is 0 Å². The lowest BCUT2D eigenvalue weighted by atomic mass is 9.82. The van der Waals surface area contributed by atoms with Gasteiger partial charge < -0.3 is 10.0 Å². The van der Waals surface area contributed by atoms with Crippen LogP contribution in [0.15, 0.2) is 0 Å². The van der Waals surface area contributed by atoms with Gasteiger partial charge in [-0.1, -0.05) is 20.8 Å². The van der Waals surface area contributed by atoms with E-state index in [1.165, 1.54) is 0 Å². The van der Waals surface area contributed by atoms with Gasteiger partial charge in [-0.25, -0.2) is 0 Å². The first kappa shape index (κ1) is 15.0. The van der Waals surface area contributed by atoms with E-state index in [0.29, 0.717) is 11.5 Å². The summed E-state index contributed by atoms with van der Waals surface area (Å²) in [7, 11) is 0. The van der Waals surface area contributed by atoms with Gasteiger partial charge in [-0.15, -0.1) is 0 Å². The highest BCUT2D eigenvalue weighted by Crippen LogP contribution is 2.32. The molecule has 1 atom stereocenters. The molecule has 17 heavy (non-hydrogen) atoms. The van der Waals surface area contributed by atoms with Crippen molar-refractivity contribution < 1.29 is 5.11 Å². The first-order valence-electron chi connectivity index (χ1n) is 7.18. The van der Waals surface area contributed by atoms with E-state index < -0.39 is 5.60 Å². The highest BCUT2D eigenvalue weighted by Gasteiger charge is 2.31. The average molecular weight is 241 g/mol. The summed E-state index contributed by atoms with van der Waals surface area (Å²) < 4.78 is 0. The standard InChI is InChI=1S/C15H31NO/c1-13(2)16-11-6-7-15(17,10-12-16)9-8-14(3,4)5/h13,17H,6-12H2,1-5H3. The van der Waals surface area contributed by atoms with Gasteiger partial charge in [0.05, 0.1) is 5.60 Å². The lowest BCUT2D eigenvalue weighted by Crippen LogP contribution is -2.35. The van der Waals surface area contributed by atoms with Crippen molar-refractivity contribution in [2.45, 2.75) is 78.4 Å². The Bertz CT molecular complexity index is 232. The average Bonchev–Trinajstić information content (AvgIpc) is 2.37. The van der Waals surface area contributed by atoms with Crippen LogP contribution in [-0.4, -0.2) is 34.7 Å². The zero-order chi connectivity index (χ0) is 13.1. The molecule has 1 rings (SSSR count). The number of hydrogen-bond donors (Lipinski definition) is 1. The summed E-state index contributed by atoms with van der Waals surface area (Å²) in [5.74, 6) is 0. The normalized spacial score (nSPS) is 28.4. The van der Waals surface area contributed by atoms with Gasteiger partial charge in [-0.2, -0.15) is 0 Å². The molecule has 1 unspecified atom stereocenters. The molecule has 1 fully saturated rings. The van der Waals surface area contributed by atoms with Crippen molar-refractivity contribution in [2.24, 2.45) is 5.41 Å². The van der Waals surface area contributed by atoms with E-state index in [0.717, 1.165) is 45.2 Å². The van der Waals surface area contributed by atoms with Crippen LogP contribution < -0.4 is 0 Å². The molecule has 1 aliphatic rings. The molecule has 0 aromatic heterocycles. The van der Waals surface area contributed by atoms with Gasteiger partial charge in [-0.3, -0.25) is 0 Å². The number of hydrogen-bond acceptors (Lipinski definition) is 2. The summed E-state index contributed by atoms with van der Waals surface area (Å²) in [6.07, 6.45) is 5.14. The molecule has 0 spiro atoms. The lowest BCUT2D eigenvalue weighted by Gasteiger charge is -2.31. The van der Waals surface area contributed by atoms with Gasteiger partial charge in [0.2, 0.25) is 0 Å². The first-order valence-corrected chi connectivity index (χ1v) is 7.18. The molecule has 0 radical (unpaired) electrons. The van der Waals surface area contributed by atoms with Crippen molar-refractivity contribution in [3.05, 3.63) is 0 Å². The molecule has 0 bridgehead atoms.